The lowest BCUT2D eigenvalue weighted by atomic mass is 10.1. The van der Waals surface area contributed by atoms with Crippen LogP contribution in [0, 0.1) is 0 Å². The summed E-state index contributed by atoms with van der Waals surface area (Å²) in [5, 5.41) is 8.33. The first-order chi connectivity index (χ1) is 17.3. The van der Waals surface area contributed by atoms with Crippen molar-refractivity contribution in [2.24, 2.45) is 0 Å². The highest BCUT2D eigenvalue weighted by atomic mass is 35.5. The Bertz CT molecular complexity index is 1540. The highest BCUT2D eigenvalue weighted by molar-refractivity contribution is 7.91. The molecule has 4 aromatic rings. The van der Waals surface area contributed by atoms with E-state index in [9.17, 15) is 18.0 Å². The molecule has 0 saturated heterocycles. The van der Waals surface area contributed by atoms with Gasteiger partial charge in [-0.25, -0.2) is 13.1 Å². The summed E-state index contributed by atoms with van der Waals surface area (Å²) >= 11 is 7.15. The summed E-state index contributed by atoms with van der Waals surface area (Å²) < 4.78 is 33.2. The number of Topliss-reactive ketones (excluding diaryl/α,β-unsaturated/α-hetero) is 1. The SMILES string of the molecule is CCS(=O)(=O)CCOc1cc(-n2ccccc2=O)ccc1-n1cc(CCC(=O)c2ccc(Cl)s2)nn1. The molecule has 0 bridgehead atoms. The van der Waals surface area contributed by atoms with Gasteiger partial charge >= 0.3 is 0 Å². The number of ketones is 1. The van der Waals surface area contributed by atoms with Crippen molar-refractivity contribution >= 4 is 38.6 Å². The van der Waals surface area contributed by atoms with Crippen LogP contribution in [-0.2, 0) is 16.3 Å². The number of sulfone groups is 1. The Balaban J connectivity index is 1.57. The molecular weight excluding hydrogens is 524 g/mol. The number of hydrogen-bond acceptors (Lipinski definition) is 8. The average molecular weight is 547 g/mol. The largest absolute Gasteiger partial charge is 0.490 e. The van der Waals surface area contributed by atoms with Crippen LogP contribution in [0.5, 0.6) is 5.75 Å². The van der Waals surface area contributed by atoms with Crippen LogP contribution in [0.2, 0.25) is 4.34 Å². The number of carbonyl (C=O) groups excluding carboxylic acids is 1. The third-order valence-electron chi connectivity index (χ3n) is 5.38. The maximum absolute atomic E-state index is 12.4. The van der Waals surface area contributed by atoms with Crippen LogP contribution in [0.4, 0.5) is 0 Å². The van der Waals surface area contributed by atoms with E-state index in [-0.39, 0.29) is 35.9 Å². The summed E-state index contributed by atoms with van der Waals surface area (Å²) in [4.78, 5) is 25.3. The summed E-state index contributed by atoms with van der Waals surface area (Å²) in [5.41, 5.74) is 1.46. The molecule has 9 nitrogen and oxygen atoms in total. The van der Waals surface area contributed by atoms with Gasteiger partial charge in [0.25, 0.3) is 5.56 Å². The zero-order chi connectivity index (χ0) is 25.7. The Labute approximate surface area is 216 Å². The van der Waals surface area contributed by atoms with Gasteiger partial charge in [-0.05, 0) is 30.3 Å². The topological polar surface area (TPSA) is 113 Å². The second-order valence-electron chi connectivity index (χ2n) is 7.83. The van der Waals surface area contributed by atoms with Gasteiger partial charge in [0.2, 0.25) is 0 Å². The molecule has 0 atom stereocenters. The van der Waals surface area contributed by atoms with Gasteiger partial charge in [0.15, 0.2) is 15.6 Å². The van der Waals surface area contributed by atoms with Gasteiger partial charge in [-0.3, -0.25) is 14.2 Å². The van der Waals surface area contributed by atoms with Gasteiger partial charge in [0, 0.05) is 36.9 Å². The molecule has 0 fully saturated rings. The molecule has 0 saturated carbocycles. The lowest BCUT2D eigenvalue weighted by Crippen LogP contribution is -2.18. The molecule has 0 unspecified atom stereocenters. The van der Waals surface area contributed by atoms with E-state index in [0.29, 0.717) is 38.5 Å². The van der Waals surface area contributed by atoms with Crippen molar-refractivity contribution in [2.45, 2.75) is 19.8 Å². The quantitative estimate of drug-likeness (QED) is 0.263. The molecular formula is C24H23ClN4O5S2. The fourth-order valence-corrected chi connectivity index (χ4v) is 5.02. The number of aryl methyl sites for hydroxylation is 1. The third-order valence-corrected chi connectivity index (χ3v) is 8.32. The minimum atomic E-state index is -3.22. The second-order valence-corrected chi connectivity index (χ2v) is 12.0. The number of benzene rings is 1. The van der Waals surface area contributed by atoms with Crippen molar-refractivity contribution < 1.29 is 17.9 Å². The van der Waals surface area contributed by atoms with Gasteiger partial charge in [0.05, 0.1) is 32.5 Å². The van der Waals surface area contributed by atoms with E-state index in [1.807, 2.05) is 0 Å². The first kappa shape index (κ1) is 25.8. The molecule has 0 aliphatic rings. The molecule has 0 aliphatic heterocycles. The zero-order valence-electron chi connectivity index (χ0n) is 19.3. The number of pyridine rings is 1. The van der Waals surface area contributed by atoms with E-state index < -0.39 is 9.84 Å². The number of ether oxygens (including phenoxy) is 1. The molecule has 0 radical (unpaired) electrons. The summed E-state index contributed by atoms with van der Waals surface area (Å²) in [6, 6.07) is 13.3. The average Bonchev–Trinajstić information content (AvgIpc) is 3.52. The fourth-order valence-electron chi connectivity index (χ4n) is 3.38. The van der Waals surface area contributed by atoms with Crippen molar-refractivity contribution in [1.82, 2.24) is 19.6 Å². The predicted octanol–water partition coefficient (Wildman–Crippen LogP) is 3.76. The summed E-state index contributed by atoms with van der Waals surface area (Å²) in [5.74, 6) is 0.192. The number of aromatic nitrogens is 4. The minimum Gasteiger partial charge on any atom is -0.490 e. The van der Waals surface area contributed by atoms with Crippen molar-refractivity contribution in [2.75, 3.05) is 18.1 Å². The Kier molecular flexibility index (Phi) is 8.02. The summed E-state index contributed by atoms with van der Waals surface area (Å²) in [7, 11) is -3.22. The van der Waals surface area contributed by atoms with Crippen LogP contribution in [0.25, 0.3) is 11.4 Å². The highest BCUT2D eigenvalue weighted by Crippen LogP contribution is 2.26. The van der Waals surface area contributed by atoms with Crippen LogP contribution in [0.1, 0.15) is 28.7 Å². The number of thiophene rings is 1. The van der Waals surface area contributed by atoms with Crippen LogP contribution < -0.4 is 10.3 Å². The molecule has 3 aromatic heterocycles. The maximum Gasteiger partial charge on any atom is 0.255 e. The Morgan fingerprint density at radius 1 is 1.17 bits per heavy atom. The maximum atomic E-state index is 12.4. The van der Waals surface area contributed by atoms with Gasteiger partial charge in [-0.1, -0.05) is 29.8 Å². The van der Waals surface area contributed by atoms with E-state index in [2.05, 4.69) is 10.3 Å². The number of nitrogens with zero attached hydrogens (tertiary/aromatic N) is 4. The number of hydrogen-bond donors (Lipinski definition) is 0. The predicted molar refractivity (Wildman–Crippen MR) is 139 cm³/mol. The van der Waals surface area contributed by atoms with Gasteiger partial charge in [-0.15, -0.1) is 16.4 Å². The van der Waals surface area contributed by atoms with E-state index in [1.54, 1.807) is 61.8 Å². The molecule has 0 aliphatic carbocycles. The lowest BCUT2D eigenvalue weighted by Gasteiger charge is -2.14. The first-order valence-corrected chi connectivity index (χ1v) is 14.1. The summed E-state index contributed by atoms with van der Waals surface area (Å²) in [6.45, 7) is 1.52. The van der Waals surface area contributed by atoms with E-state index in [0.717, 1.165) is 0 Å². The molecule has 3 heterocycles. The molecule has 188 valence electrons. The van der Waals surface area contributed by atoms with Crippen LogP contribution in [0.3, 0.4) is 0 Å². The molecule has 12 heteroatoms. The van der Waals surface area contributed by atoms with Crippen molar-refractivity contribution in [1.29, 1.82) is 0 Å². The van der Waals surface area contributed by atoms with Gasteiger partial charge < -0.3 is 4.74 Å². The van der Waals surface area contributed by atoms with Crippen LogP contribution >= 0.6 is 22.9 Å². The third kappa shape index (κ3) is 6.28. The summed E-state index contributed by atoms with van der Waals surface area (Å²) in [6.07, 6.45) is 3.96. The Hall–Kier alpha value is -3.28. The minimum absolute atomic E-state index is 0.0193. The molecule has 0 amide bonds. The Morgan fingerprint density at radius 2 is 2.00 bits per heavy atom. The van der Waals surface area contributed by atoms with Gasteiger partial charge in [-0.2, -0.15) is 0 Å². The standard InChI is InChI=1S/C24H23ClN4O5S2/c1-2-36(32,33)14-13-34-21-15-18(28-12-4-3-5-24(28)31)7-8-19(21)29-16-17(26-27-29)6-9-20(30)22-10-11-23(25)35-22/h3-5,7-8,10-12,15-16H,2,6,9,13-14H2,1H3. The monoisotopic (exact) mass is 546 g/mol. The molecule has 0 N–H and O–H groups in total. The van der Waals surface area contributed by atoms with Crippen LogP contribution in [-0.4, -0.2) is 51.9 Å². The first-order valence-electron chi connectivity index (χ1n) is 11.1. The molecule has 4 rings (SSSR count). The van der Waals surface area contributed by atoms with Crippen molar-refractivity contribution in [3.05, 3.63) is 86.2 Å². The van der Waals surface area contributed by atoms with Crippen molar-refractivity contribution in [3.8, 4) is 17.1 Å². The zero-order valence-corrected chi connectivity index (χ0v) is 21.7. The highest BCUT2D eigenvalue weighted by Gasteiger charge is 2.15. The molecule has 1 aromatic carbocycles. The fraction of sp³-hybridized carbons (Fsp3) is 0.250. The normalized spacial score (nSPS) is 11.5. The Morgan fingerprint density at radius 3 is 2.72 bits per heavy atom. The second kappa shape index (κ2) is 11.2. The molecule has 0 spiro atoms. The number of halogens is 1. The van der Waals surface area contributed by atoms with E-state index in [4.69, 9.17) is 16.3 Å². The smallest absolute Gasteiger partial charge is 0.255 e. The number of rotatable bonds is 11. The van der Waals surface area contributed by atoms with Gasteiger partial charge in [0.1, 0.15) is 18.0 Å². The van der Waals surface area contributed by atoms with E-state index >= 15 is 0 Å². The van der Waals surface area contributed by atoms with E-state index in [1.165, 1.54) is 26.7 Å². The van der Waals surface area contributed by atoms with Crippen molar-refractivity contribution in [3.63, 3.8) is 0 Å². The van der Waals surface area contributed by atoms with Crippen LogP contribution in [0.15, 0.2) is 65.7 Å². The number of carbonyl (C=O) groups is 1. The molecule has 36 heavy (non-hydrogen) atoms. The lowest BCUT2D eigenvalue weighted by molar-refractivity contribution is 0.0986.